The summed E-state index contributed by atoms with van der Waals surface area (Å²) in [6.45, 7) is 3.07. The van der Waals surface area contributed by atoms with Crippen LogP contribution in [0, 0.1) is 0 Å². The Hall–Kier alpha value is -1.68. The Kier molecular flexibility index (Phi) is 3.93. The van der Waals surface area contributed by atoms with Crippen LogP contribution in [0.2, 0.25) is 0 Å². The first-order valence-electron chi connectivity index (χ1n) is 8.16. The van der Waals surface area contributed by atoms with Gasteiger partial charge in [-0.15, -0.1) is 11.3 Å². The van der Waals surface area contributed by atoms with Crippen LogP contribution in [0.15, 0.2) is 47.8 Å². The van der Waals surface area contributed by atoms with Crippen molar-refractivity contribution in [3.8, 4) is 0 Å². The van der Waals surface area contributed by atoms with Gasteiger partial charge in [-0.25, -0.2) is 0 Å². The van der Waals surface area contributed by atoms with Crippen LogP contribution in [0.5, 0.6) is 0 Å². The summed E-state index contributed by atoms with van der Waals surface area (Å²) < 4.78 is 1.38. The van der Waals surface area contributed by atoms with Crippen LogP contribution in [0.1, 0.15) is 28.2 Å². The number of benzene rings is 2. The molecule has 1 atom stereocenters. The van der Waals surface area contributed by atoms with Crippen molar-refractivity contribution >= 4 is 21.4 Å². The maximum absolute atomic E-state index is 3.25. The van der Waals surface area contributed by atoms with Gasteiger partial charge in [0.2, 0.25) is 0 Å². The quantitative estimate of drug-likeness (QED) is 0.777. The molecule has 0 saturated carbocycles. The minimum absolute atomic E-state index is 0.469. The molecule has 4 rings (SSSR count). The van der Waals surface area contributed by atoms with Crippen molar-refractivity contribution in [3.63, 3.8) is 0 Å². The molecule has 0 amide bonds. The second-order valence-corrected chi connectivity index (χ2v) is 7.48. The van der Waals surface area contributed by atoms with Gasteiger partial charge >= 0.3 is 0 Å². The molecule has 3 heteroatoms. The molecule has 0 aliphatic carbocycles. The standard InChI is InChI=1S/C20H22N2S/c1-21-11-14-3-5-18-17(9-14)12-22(2)13-19(18)15-4-6-20-16(10-15)7-8-23-20/h3-10,19,21H,11-13H2,1-2H3. The second-order valence-electron chi connectivity index (χ2n) is 6.53. The Morgan fingerprint density at radius 2 is 2.09 bits per heavy atom. The third-order valence-corrected chi connectivity index (χ3v) is 5.67. The zero-order valence-corrected chi connectivity index (χ0v) is 14.5. The normalized spacial score (nSPS) is 18.3. The monoisotopic (exact) mass is 322 g/mol. The van der Waals surface area contributed by atoms with E-state index < -0.39 is 0 Å². The summed E-state index contributed by atoms with van der Waals surface area (Å²) in [5.41, 5.74) is 5.78. The summed E-state index contributed by atoms with van der Waals surface area (Å²) in [6, 6.07) is 16.2. The van der Waals surface area contributed by atoms with Crippen LogP contribution in [-0.2, 0) is 13.1 Å². The Bertz CT molecular complexity index is 837. The molecule has 2 heterocycles. The Labute approximate surface area is 141 Å². The van der Waals surface area contributed by atoms with E-state index in [2.05, 4.69) is 65.1 Å². The molecule has 118 valence electrons. The molecule has 23 heavy (non-hydrogen) atoms. The molecule has 3 aromatic rings. The van der Waals surface area contributed by atoms with E-state index in [1.165, 1.54) is 32.3 Å². The molecular weight excluding hydrogens is 300 g/mol. The van der Waals surface area contributed by atoms with Crippen LogP contribution in [0.4, 0.5) is 0 Å². The van der Waals surface area contributed by atoms with Crippen LogP contribution in [0.25, 0.3) is 10.1 Å². The van der Waals surface area contributed by atoms with Gasteiger partial charge in [-0.05, 0) is 65.3 Å². The lowest BCUT2D eigenvalue weighted by molar-refractivity contribution is 0.295. The minimum atomic E-state index is 0.469. The Morgan fingerprint density at radius 1 is 1.17 bits per heavy atom. The highest BCUT2D eigenvalue weighted by atomic mass is 32.1. The van der Waals surface area contributed by atoms with Crippen molar-refractivity contribution in [3.05, 3.63) is 70.1 Å². The fourth-order valence-electron chi connectivity index (χ4n) is 3.70. The van der Waals surface area contributed by atoms with Gasteiger partial charge in [0.15, 0.2) is 0 Å². The maximum atomic E-state index is 3.25. The van der Waals surface area contributed by atoms with Gasteiger partial charge in [0.05, 0.1) is 0 Å². The predicted molar refractivity (Wildman–Crippen MR) is 99.2 cm³/mol. The van der Waals surface area contributed by atoms with E-state index in [9.17, 15) is 0 Å². The Balaban J connectivity index is 1.77. The fraction of sp³-hybridized carbons (Fsp3) is 0.300. The number of hydrogen-bond donors (Lipinski definition) is 1. The average Bonchev–Trinajstić information content (AvgIpc) is 3.01. The van der Waals surface area contributed by atoms with Crippen LogP contribution >= 0.6 is 11.3 Å². The summed E-state index contributed by atoms with van der Waals surface area (Å²) in [7, 11) is 4.23. The number of thiophene rings is 1. The molecule has 1 N–H and O–H groups in total. The van der Waals surface area contributed by atoms with Crippen molar-refractivity contribution in [1.82, 2.24) is 10.2 Å². The van der Waals surface area contributed by atoms with Crippen molar-refractivity contribution < 1.29 is 0 Å². The van der Waals surface area contributed by atoms with E-state index in [1.807, 2.05) is 18.4 Å². The molecule has 0 bridgehead atoms. The average molecular weight is 322 g/mol. The van der Waals surface area contributed by atoms with Crippen molar-refractivity contribution in [1.29, 1.82) is 0 Å². The number of nitrogens with one attached hydrogen (secondary N) is 1. The summed E-state index contributed by atoms with van der Waals surface area (Å²) in [5, 5.41) is 6.80. The Morgan fingerprint density at radius 3 is 2.96 bits per heavy atom. The van der Waals surface area contributed by atoms with Crippen molar-refractivity contribution in [2.24, 2.45) is 0 Å². The first-order valence-corrected chi connectivity index (χ1v) is 9.04. The lowest BCUT2D eigenvalue weighted by Crippen LogP contribution is -2.31. The van der Waals surface area contributed by atoms with E-state index in [-0.39, 0.29) is 0 Å². The zero-order valence-electron chi connectivity index (χ0n) is 13.7. The molecule has 1 aliphatic heterocycles. The number of likely N-dealkylation sites (N-methyl/N-ethyl adjacent to an activating group) is 1. The highest BCUT2D eigenvalue weighted by Crippen LogP contribution is 2.35. The summed E-state index contributed by atoms with van der Waals surface area (Å²) in [6.07, 6.45) is 0. The van der Waals surface area contributed by atoms with E-state index in [0.29, 0.717) is 5.92 Å². The highest BCUT2D eigenvalue weighted by Gasteiger charge is 2.25. The predicted octanol–water partition coefficient (Wildman–Crippen LogP) is 4.20. The molecule has 1 aliphatic rings. The number of rotatable bonds is 3. The van der Waals surface area contributed by atoms with Gasteiger partial charge in [-0.2, -0.15) is 0 Å². The summed E-state index contributed by atoms with van der Waals surface area (Å²) in [5.74, 6) is 0.469. The fourth-order valence-corrected chi connectivity index (χ4v) is 4.47. The summed E-state index contributed by atoms with van der Waals surface area (Å²) >= 11 is 1.82. The van der Waals surface area contributed by atoms with Gasteiger partial charge in [0.25, 0.3) is 0 Å². The van der Waals surface area contributed by atoms with E-state index in [4.69, 9.17) is 0 Å². The third-order valence-electron chi connectivity index (χ3n) is 4.78. The molecular formula is C20H22N2S. The number of hydrogen-bond acceptors (Lipinski definition) is 3. The lowest BCUT2D eigenvalue weighted by atomic mass is 9.84. The molecule has 0 spiro atoms. The molecule has 0 saturated heterocycles. The SMILES string of the molecule is CNCc1ccc2c(c1)CN(C)CC2c1ccc2sccc2c1. The van der Waals surface area contributed by atoms with E-state index in [1.54, 1.807) is 0 Å². The lowest BCUT2D eigenvalue weighted by Gasteiger charge is -2.33. The maximum Gasteiger partial charge on any atom is 0.0342 e. The largest absolute Gasteiger partial charge is 0.316 e. The van der Waals surface area contributed by atoms with Gasteiger partial charge in [-0.1, -0.05) is 24.3 Å². The molecule has 2 aromatic carbocycles. The second kappa shape index (κ2) is 6.08. The van der Waals surface area contributed by atoms with E-state index in [0.717, 1.165) is 19.6 Å². The van der Waals surface area contributed by atoms with Crippen LogP contribution < -0.4 is 5.32 Å². The van der Waals surface area contributed by atoms with Crippen LogP contribution in [-0.4, -0.2) is 25.5 Å². The molecule has 0 radical (unpaired) electrons. The molecule has 2 nitrogen and oxygen atoms in total. The first kappa shape index (κ1) is 14.9. The van der Waals surface area contributed by atoms with Gasteiger partial charge in [0, 0.05) is 30.3 Å². The topological polar surface area (TPSA) is 15.3 Å². The first-order chi connectivity index (χ1) is 11.2. The molecule has 1 unspecified atom stereocenters. The third kappa shape index (κ3) is 2.80. The minimum Gasteiger partial charge on any atom is -0.316 e. The number of nitrogens with zero attached hydrogens (tertiary/aromatic N) is 1. The van der Waals surface area contributed by atoms with Crippen molar-refractivity contribution in [2.75, 3.05) is 20.6 Å². The molecule has 1 aromatic heterocycles. The molecule has 0 fully saturated rings. The smallest absolute Gasteiger partial charge is 0.0342 e. The van der Waals surface area contributed by atoms with Crippen molar-refractivity contribution in [2.45, 2.75) is 19.0 Å². The van der Waals surface area contributed by atoms with Gasteiger partial charge in [0.1, 0.15) is 0 Å². The van der Waals surface area contributed by atoms with Gasteiger partial charge in [-0.3, -0.25) is 0 Å². The van der Waals surface area contributed by atoms with Gasteiger partial charge < -0.3 is 10.2 Å². The number of fused-ring (bicyclic) bond motifs is 2. The summed E-state index contributed by atoms with van der Waals surface area (Å²) in [4.78, 5) is 2.44. The van der Waals surface area contributed by atoms with Crippen LogP contribution in [0.3, 0.4) is 0 Å². The zero-order chi connectivity index (χ0) is 15.8. The highest BCUT2D eigenvalue weighted by molar-refractivity contribution is 7.17. The van der Waals surface area contributed by atoms with E-state index >= 15 is 0 Å².